The Hall–Kier alpha value is -2.19. The Kier molecular flexibility index (Phi) is 9.46. The van der Waals surface area contributed by atoms with Crippen LogP contribution in [0.15, 0.2) is 47.4 Å². The van der Waals surface area contributed by atoms with Gasteiger partial charge < -0.3 is 15.0 Å². The van der Waals surface area contributed by atoms with E-state index in [-0.39, 0.29) is 11.5 Å². The van der Waals surface area contributed by atoms with E-state index < -0.39 is 21.3 Å². The number of hydrogen-bond donors (Lipinski definition) is 4. The largest absolute Gasteiger partial charge is 0.760 e. The molecule has 0 bridgehead atoms. The number of primary sulfonamides is 1. The van der Waals surface area contributed by atoms with Gasteiger partial charge in [-0.2, -0.15) is 0 Å². The molecule has 3 aromatic rings. The van der Waals surface area contributed by atoms with Gasteiger partial charge in [0.25, 0.3) is 0 Å². The molecule has 0 saturated heterocycles. The molecule has 0 amide bonds. The molecule has 0 fully saturated rings. The van der Waals surface area contributed by atoms with Crippen molar-refractivity contribution < 1.29 is 22.3 Å². The molecule has 0 aliphatic heterocycles. The molecule has 12 heteroatoms. The highest BCUT2D eigenvalue weighted by Crippen LogP contribution is 2.34. The fourth-order valence-corrected chi connectivity index (χ4v) is 4.42. The topological polar surface area (TPSA) is 171 Å². The van der Waals surface area contributed by atoms with Crippen LogP contribution < -0.4 is 15.6 Å². The van der Waals surface area contributed by atoms with Crippen LogP contribution in [0.25, 0.3) is 11.3 Å². The van der Waals surface area contributed by atoms with E-state index in [2.05, 4.69) is 41.4 Å². The highest BCUT2D eigenvalue weighted by molar-refractivity contribution is 7.89. The third-order valence-corrected chi connectivity index (χ3v) is 6.40. The van der Waals surface area contributed by atoms with E-state index in [0.717, 1.165) is 29.0 Å². The number of benzene rings is 2. The van der Waals surface area contributed by atoms with Crippen LogP contribution in [-0.4, -0.2) is 27.3 Å². The van der Waals surface area contributed by atoms with Crippen molar-refractivity contribution in [3.63, 3.8) is 0 Å². The Balaban J connectivity index is 0.000000837. The smallest absolute Gasteiger partial charge is 0.238 e. The van der Waals surface area contributed by atoms with E-state index in [9.17, 15) is 13.5 Å². The molecular formula is C20H25N4O5S3-. The predicted octanol–water partition coefficient (Wildman–Crippen LogP) is 2.56. The lowest BCUT2D eigenvalue weighted by Gasteiger charge is -2.08. The lowest BCUT2D eigenvalue weighted by atomic mass is 9.98. The molecule has 1 unspecified atom stereocenters. The van der Waals surface area contributed by atoms with E-state index in [4.69, 9.17) is 13.9 Å². The summed E-state index contributed by atoms with van der Waals surface area (Å²) in [5.41, 5.74) is 5.03. The van der Waals surface area contributed by atoms with Crippen LogP contribution in [0.3, 0.4) is 0 Å². The monoisotopic (exact) mass is 497 g/mol. The summed E-state index contributed by atoms with van der Waals surface area (Å²) in [5.74, 6) is 0. The lowest BCUT2D eigenvalue weighted by molar-refractivity contribution is 0.286. The van der Waals surface area contributed by atoms with Crippen molar-refractivity contribution in [2.75, 3.05) is 5.32 Å². The van der Waals surface area contributed by atoms with Crippen molar-refractivity contribution in [1.82, 2.24) is 4.98 Å². The fraction of sp³-hybridized carbons (Fsp3) is 0.250. The number of aromatic nitrogens is 1. The lowest BCUT2D eigenvalue weighted by Crippen LogP contribution is -2.11. The number of aliphatic hydroxyl groups excluding tert-OH is 1. The SMILES string of the molecule is CCc1ccc(-c2nc(Nc3ccc(S(N)(=O)=O)cc3)sc2CO)cc1CC.NS(=O)[O-]. The molecule has 32 heavy (non-hydrogen) atoms. The third-order valence-electron chi connectivity index (χ3n) is 4.52. The normalized spacial score (nSPS) is 12.1. The summed E-state index contributed by atoms with van der Waals surface area (Å²) in [6, 6.07) is 12.4. The van der Waals surface area contributed by atoms with Crippen molar-refractivity contribution >= 4 is 43.4 Å². The van der Waals surface area contributed by atoms with E-state index in [1.807, 2.05) is 6.07 Å². The molecule has 1 heterocycles. The van der Waals surface area contributed by atoms with Gasteiger partial charge >= 0.3 is 0 Å². The summed E-state index contributed by atoms with van der Waals surface area (Å²) in [7, 11) is -3.72. The van der Waals surface area contributed by atoms with Crippen LogP contribution in [0.4, 0.5) is 10.8 Å². The Morgan fingerprint density at radius 1 is 1.12 bits per heavy atom. The average Bonchev–Trinajstić information content (AvgIpc) is 3.15. The van der Waals surface area contributed by atoms with Crippen LogP contribution in [0.5, 0.6) is 0 Å². The maximum absolute atomic E-state index is 11.4. The number of thiazole rings is 1. The molecule has 0 spiro atoms. The second-order valence-electron chi connectivity index (χ2n) is 6.59. The van der Waals surface area contributed by atoms with Gasteiger partial charge in [0.05, 0.1) is 22.1 Å². The predicted molar refractivity (Wildman–Crippen MR) is 126 cm³/mol. The van der Waals surface area contributed by atoms with Crippen LogP contribution in [0.1, 0.15) is 29.9 Å². The van der Waals surface area contributed by atoms with Crippen LogP contribution >= 0.6 is 11.3 Å². The van der Waals surface area contributed by atoms with Crippen molar-refractivity contribution in [2.24, 2.45) is 10.3 Å². The van der Waals surface area contributed by atoms with E-state index in [1.165, 1.54) is 34.6 Å². The number of nitrogens with one attached hydrogen (secondary N) is 1. The summed E-state index contributed by atoms with van der Waals surface area (Å²) in [4.78, 5) is 5.48. The molecule has 0 radical (unpaired) electrons. The summed E-state index contributed by atoms with van der Waals surface area (Å²) in [5, 5.41) is 22.7. The van der Waals surface area contributed by atoms with Crippen molar-refractivity contribution in [3.05, 3.63) is 58.5 Å². The maximum Gasteiger partial charge on any atom is 0.238 e. The highest BCUT2D eigenvalue weighted by Gasteiger charge is 2.14. The minimum Gasteiger partial charge on any atom is -0.760 e. The van der Waals surface area contributed by atoms with Gasteiger partial charge in [-0.15, -0.1) is 0 Å². The Morgan fingerprint density at radius 2 is 1.72 bits per heavy atom. The van der Waals surface area contributed by atoms with Gasteiger partial charge in [-0.25, -0.2) is 18.5 Å². The third kappa shape index (κ3) is 7.17. The number of rotatable bonds is 7. The molecule has 3 rings (SSSR count). The number of aryl methyl sites for hydroxylation is 2. The van der Waals surface area contributed by atoms with Crippen molar-refractivity contribution in [1.29, 1.82) is 0 Å². The van der Waals surface area contributed by atoms with Gasteiger partial charge in [-0.05, 0) is 54.3 Å². The molecule has 2 aromatic carbocycles. The Bertz CT molecular complexity index is 1170. The first-order chi connectivity index (χ1) is 15.1. The van der Waals surface area contributed by atoms with Gasteiger partial charge in [0.15, 0.2) is 5.13 Å². The zero-order valence-corrected chi connectivity index (χ0v) is 20.0. The van der Waals surface area contributed by atoms with Gasteiger partial charge in [-0.3, -0.25) is 9.35 Å². The molecule has 1 aromatic heterocycles. The minimum absolute atomic E-state index is 0.0528. The van der Waals surface area contributed by atoms with E-state index >= 15 is 0 Å². The molecule has 174 valence electrons. The first-order valence-corrected chi connectivity index (χ1v) is 13.0. The number of aliphatic hydroxyl groups is 1. The summed E-state index contributed by atoms with van der Waals surface area (Å²) >= 11 is -0.994. The number of nitrogens with two attached hydrogens (primary N) is 2. The second-order valence-corrected chi connectivity index (χ2v) is 9.76. The first kappa shape index (κ1) is 26.1. The van der Waals surface area contributed by atoms with E-state index in [1.54, 1.807) is 12.1 Å². The Morgan fingerprint density at radius 3 is 2.22 bits per heavy atom. The van der Waals surface area contributed by atoms with Gasteiger partial charge in [0, 0.05) is 22.5 Å². The number of hydrogen-bond acceptors (Lipinski definition) is 8. The standard InChI is InChI=1S/C20H23N3O3S2.H3NO2S/c1-3-13-5-6-15(11-14(13)4-2)19-18(12-24)27-20(23-19)22-16-7-9-17(10-8-16)28(21,25)26;1-4(2)3/h5-11,24H,3-4,12H2,1-2H3,(H,22,23)(H2,21,25,26);1H2,(H,2,3)/p-1. The van der Waals surface area contributed by atoms with Crippen LogP contribution in [0.2, 0.25) is 0 Å². The minimum atomic E-state index is -3.72. The maximum atomic E-state index is 11.4. The number of sulfonamides is 1. The molecule has 0 saturated carbocycles. The Labute approximate surface area is 194 Å². The van der Waals surface area contributed by atoms with Gasteiger partial charge in [-0.1, -0.05) is 37.3 Å². The molecule has 9 nitrogen and oxygen atoms in total. The second kappa shape index (κ2) is 11.6. The summed E-state index contributed by atoms with van der Waals surface area (Å²) in [6.45, 7) is 4.17. The first-order valence-electron chi connectivity index (χ1n) is 9.55. The molecule has 6 N–H and O–H groups in total. The fourth-order valence-electron chi connectivity index (χ4n) is 3.04. The van der Waals surface area contributed by atoms with Crippen molar-refractivity contribution in [2.45, 2.75) is 38.2 Å². The molecule has 1 atom stereocenters. The van der Waals surface area contributed by atoms with Crippen LogP contribution in [-0.2, 0) is 40.7 Å². The molecule has 0 aliphatic rings. The summed E-state index contributed by atoms with van der Waals surface area (Å²) < 4.78 is 40.3. The van der Waals surface area contributed by atoms with E-state index in [0.29, 0.717) is 10.8 Å². The van der Waals surface area contributed by atoms with Gasteiger partial charge in [0.2, 0.25) is 10.0 Å². The molecular weight excluding hydrogens is 472 g/mol. The quantitative estimate of drug-likeness (QED) is 0.363. The number of anilines is 2. The number of nitrogens with zero attached hydrogens (tertiary/aromatic N) is 1. The zero-order valence-electron chi connectivity index (χ0n) is 17.6. The summed E-state index contributed by atoms with van der Waals surface area (Å²) in [6.07, 6.45) is 1.92. The van der Waals surface area contributed by atoms with Crippen LogP contribution in [0, 0.1) is 0 Å². The average molecular weight is 498 g/mol. The zero-order chi connectivity index (χ0) is 23.9. The highest BCUT2D eigenvalue weighted by atomic mass is 32.2. The van der Waals surface area contributed by atoms with Crippen molar-refractivity contribution in [3.8, 4) is 11.3 Å². The molecule has 0 aliphatic carbocycles. The van der Waals surface area contributed by atoms with Gasteiger partial charge in [0.1, 0.15) is 0 Å².